The van der Waals surface area contributed by atoms with Crippen molar-refractivity contribution in [3.05, 3.63) is 58.3 Å². The number of pyridine rings is 1. The van der Waals surface area contributed by atoms with E-state index >= 15 is 0 Å². The van der Waals surface area contributed by atoms with Crippen molar-refractivity contribution in [1.29, 1.82) is 0 Å². The quantitative estimate of drug-likeness (QED) is 0.912. The Labute approximate surface area is 127 Å². The van der Waals surface area contributed by atoms with Crippen molar-refractivity contribution in [3.8, 4) is 0 Å². The molecule has 116 valence electrons. The molecule has 2 aromatic rings. The number of carbonyl (C=O) groups excluding carboxylic acids is 1. The topological polar surface area (TPSA) is 65.2 Å². The highest BCUT2D eigenvalue weighted by Crippen LogP contribution is 2.23. The first-order valence-electron chi connectivity index (χ1n) is 6.91. The normalized spacial score (nSPS) is 10.6. The zero-order valence-electron chi connectivity index (χ0n) is 12.7. The highest BCUT2D eigenvalue weighted by Gasteiger charge is 2.14. The number of anilines is 2. The number of halogens is 1. The summed E-state index contributed by atoms with van der Waals surface area (Å²) in [6.07, 6.45) is 1.44. The standard InChI is InChI=1S/C16H18FN3O2/c1-10(2)20(3)14-7-6-11(9-13(14)17)19-16(22)12-5-4-8-18-15(12)21/h4-10H,1-3H3,(H,18,21)(H,19,22). The van der Waals surface area contributed by atoms with Crippen LogP contribution in [-0.4, -0.2) is 24.0 Å². The molecule has 6 heteroatoms. The lowest BCUT2D eigenvalue weighted by Gasteiger charge is -2.24. The van der Waals surface area contributed by atoms with Crippen molar-refractivity contribution in [1.82, 2.24) is 4.98 Å². The molecule has 0 unspecified atom stereocenters. The minimum absolute atomic E-state index is 0.0220. The molecule has 5 nitrogen and oxygen atoms in total. The summed E-state index contributed by atoms with van der Waals surface area (Å²) in [6.45, 7) is 3.91. The molecule has 0 bridgehead atoms. The van der Waals surface area contributed by atoms with E-state index < -0.39 is 17.3 Å². The third-order valence-corrected chi connectivity index (χ3v) is 3.42. The molecule has 1 aromatic heterocycles. The number of aromatic amines is 1. The van der Waals surface area contributed by atoms with Gasteiger partial charge in [-0.05, 0) is 44.2 Å². The van der Waals surface area contributed by atoms with Gasteiger partial charge in [-0.1, -0.05) is 0 Å². The largest absolute Gasteiger partial charge is 0.370 e. The Hall–Kier alpha value is -2.63. The maximum atomic E-state index is 14.1. The molecule has 0 saturated carbocycles. The maximum Gasteiger partial charge on any atom is 0.261 e. The van der Waals surface area contributed by atoms with Crippen LogP contribution in [0.25, 0.3) is 0 Å². The molecule has 1 amide bonds. The van der Waals surface area contributed by atoms with Gasteiger partial charge in [0.15, 0.2) is 0 Å². The van der Waals surface area contributed by atoms with Crippen molar-refractivity contribution in [2.45, 2.75) is 19.9 Å². The summed E-state index contributed by atoms with van der Waals surface area (Å²) in [4.78, 5) is 27.8. The van der Waals surface area contributed by atoms with Crippen molar-refractivity contribution in [2.75, 3.05) is 17.3 Å². The van der Waals surface area contributed by atoms with E-state index in [1.54, 1.807) is 30.1 Å². The van der Waals surface area contributed by atoms with Gasteiger partial charge in [-0.2, -0.15) is 0 Å². The van der Waals surface area contributed by atoms with Crippen LogP contribution in [0.15, 0.2) is 41.3 Å². The molecule has 0 saturated heterocycles. The molecule has 1 aromatic carbocycles. The fourth-order valence-corrected chi connectivity index (χ4v) is 1.95. The highest BCUT2D eigenvalue weighted by atomic mass is 19.1. The lowest BCUT2D eigenvalue weighted by atomic mass is 10.2. The molecule has 0 aliphatic rings. The third-order valence-electron chi connectivity index (χ3n) is 3.42. The fraction of sp³-hybridized carbons (Fsp3) is 0.250. The average molecular weight is 303 g/mol. The molecule has 2 N–H and O–H groups in total. The number of hydrogen-bond acceptors (Lipinski definition) is 3. The molecule has 0 radical (unpaired) electrons. The number of benzene rings is 1. The van der Waals surface area contributed by atoms with E-state index in [0.717, 1.165) is 0 Å². The number of aromatic nitrogens is 1. The number of carbonyl (C=O) groups is 1. The Balaban J connectivity index is 2.21. The molecule has 0 spiro atoms. The second kappa shape index (κ2) is 6.43. The SMILES string of the molecule is CC(C)N(C)c1ccc(NC(=O)c2ccc[nH]c2=O)cc1F. The lowest BCUT2D eigenvalue weighted by Crippen LogP contribution is -2.26. The predicted octanol–water partition coefficient (Wildman–Crippen LogP) is 2.61. The van der Waals surface area contributed by atoms with Crippen molar-refractivity contribution in [2.24, 2.45) is 0 Å². The zero-order valence-corrected chi connectivity index (χ0v) is 12.7. The number of H-pyrrole nitrogens is 1. The number of amides is 1. The van der Waals surface area contributed by atoms with E-state index in [2.05, 4.69) is 10.3 Å². The maximum absolute atomic E-state index is 14.1. The van der Waals surface area contributed by atoms with Crippen LogP contribution in [0.4, 0.5) is 15.8 Å². The van der Waals surface area contributed by atoms with Gasteiger partial charge >= 0.3 is 0 Å². The molecule has 2 rings (SSSR count). The summed E-state index contributed by atoms with van der Waals surface area (Å²) in [7, 11) is 1.80. The first-order valence-corrected chi connectivity index (χ1v) is 6.91. The molecular formula is C16H18FN3O2. The van der Waals surface area contributed by atoms with Gasteiger partial charge in [-0.15, -0.1) is 0 Å². The second-order valence-electron chi connectivity index (χ2n) is 5.24. The van der Waals surface area contributed by atoms with Crippen LogP contribution in [0.2, 0.25) is 0 Å². The summed E-state index contributed by atoms with van der Waals surface area (Å²) in [5.74, 6) is -1.01. The van der Waals surface area contributed by atoms with Gasteiger partial charge in [0.25, 0.3) is 11.5 Å². The predicted molar refractivity (Wildman–Crippen MR) is 85.0 cm³/mol. The van der Waals surface area contributed by atoms with Gasteiger partial charge in [-0.3, -0.25) is 9.59 Å². The summed E-state index contributed by atoms with van der Waals surface area (Å²) >= 11 is 0. The molecule has 1 heterocycles. The minimum Gasteiger partial charge on any atom is -0.370 e. The van der Waals surface area contributed by atoms with Crippen LogP contribution in [0.5, 0.6) is 0 Å². The molecule has 0 atom stereocenters. The van der Waals surface area contributed by atoms with Crippen LogP contribution in [-0.2, 0) is 0 Å². The molecule has 0 fully saturated rings. The number of nitrogens with zero attached hydrogens (tertiary/aromatic N) is 1. The summed E-state index contributed by atoms with van der Waals surface area (Å²) in [6, 6.07) is 7.55. The van der Waals surface area contributed by atoms with Crippen molar-refractivity contribution < 1.29 is 9.18 Å². The third kappa shape index (κ3) is 3.33. The summed E-state index contributed by atoms with van der Waals surface area (Å²) < 4.78 is 14.1. The Bertz CT molecular complexity index is 740. The van der Waals surface area contributed by atoms with Crippen LogP contribution >= 0.6 is 0 Å². The van der Waals surface area contributed by atoms with Crippen LogP contribution in [0.3, 0.4) is 0 Å². The van der Waals surface area contributed by atoms with Gasteiger partial charge in [0.1, 0.15) is 11.4 Å². The van der Waals surface area contributed by atoms with Gasteiger partial charge in [0.05, 0.1) is 5.69 Å². The van der Waals surface area contributed by atoms with Crippen LogP contribution in [0.1, 0.15) is 24.2 Å². The monoisotopic (exact) mass is 303 g/mol. The molecular weight excluding hydrogens is 285 g/mol. The van der Waals surface area contributed by atoms with E-state index in [9.17, 15) is 14.0 Å². The molecule has 22 heavy (non-hydrogen) atoms. The number of rotatable bonds is 4. The average Bonchev–Trinajstić information content (AvgIpc) is 2.47. The molecule has 0 aliphatic heterocycles. The zero-order chi connectivity index (χ0) is 16.3. The van der Waals surface area contributed by atoms with E-state index in [4.69, 9.17) is 0 Å². The Morgan fingerprint density at radius 1 is 1.32 bits per heavy atom. The van der Waals surface area contributed by atoms with Gasteiger partial charge < -0.3 is 15.2 Å². The summed E-state index contributed by atoms with van der Waals surface area (Å²) in [5.41, 5.74) is 0.236. The minimum atomic E-state index is -0.578. The van der Waals surface area contributed by atoms with Crippen LogP contribution in [0, 0.1) is 5.82 Å². The highest BCUT2D eigenvalue weighted by molar-refractivity contribution is 6.04. The Morgan fingerprint density at radius 3 is 2.64 bits per heavy atom. The number of hydrogen-bond donors (Lipinski definition) is 2. The van der Waals surface area contributed by atoms with E-state index in [1.807, 2.05) is 13.8 Å². The van der Waals surface area contributed by atoms with E-state index in [0.29, 0.717) is 11.4 Å². The smallest absolute Gasteiger partial charge is 0.261 e. The van der Waals surface area contributed by atoms with Crippen molar-refractivity contribution >= 4 is 17.3 Å². The van der Waals surface area contributed by atoms with Gasteiger partial charge in [-0.25, -0.2) is 4.39 Å². The van der Waals surface area contributed by atoms with Gasteiger partial charge in [0.2, 0.25) is 0 Å². The fourth-order valence-electron chi connectivity index (χ4n) is 1.95. The second-order valence-corrected chi connectivity index (χ2v) is 5.24. The number of nitrogens with one attached hydrogen (secondary N) is 2. The van der Waals surface area contributed by atoms with Gasteiger partial charge in [0, 0.05) is 25.0 Å². The lowest BCUT2D eigenvalue weighted by molar-refractivity contribution is 0.102. The van der Waals surface area contributed by atoms with E-state index in [-0.39, 0.29) is 11.6 Å². The first-order chi connectivity index (χ1) is 10.4. The van der Waals surface area contributed by atoms with E-state index in [1.165, 1.54) is 18.3 Å². The van der Waals surface area contributed by atoms with Crippen molar-refractivity contribution in [3.63, 3.8) is 0 Å². The Morgan fingerprint density at radius 2 is 2.05 bits per heavy atom. The first kappa shape index (κ1) is 15.8. The Kier molecular flexibility index (Phi) is 4.60. The summed E-state index contributed by atoms with van der Waals surface area (Å²) in [5, 5.41) is 2.52. The molecule has 0 aliphatic carbocycles. The van der Waals surface area contributed by atoms with Crippen LogP contribution < -0.4 is 15.8 Å².